The summed E-state index contributed by atoms with van der Waals surface area (Å²) in [5.74, 6) is -2.25. The first-order valence-corrected chi connectivity index (χ1v) is 17.3. The van der Waals surface area contributed by atoms with E-state index in [2.05, 4.69) is 26.2 Å². The summed E-state index contributed by atoms with van der Waals surface area (Å²) in [6, 6.07) is 3.27. The van der Waals surface area contributed by atoms with Crippen LogP contribution < -0.4 is 26.0 Å². The number of hydrogen-bond donors (Lipinski definition) is 4. The Balaban J connectivity index is 1.88. The summed E-state index contributed by atoms with van der Waals surface area (Å²) in [4.78, 5) is 71.6. The van der Waals surface area contributed by atoms with E-state index in [-0.39, 0.29) is 42.1 Å². The molecule has 0 saturated carbocycles. The highest BCUT2D eigenvalue weighted by atomic mass is 16.5. The van der Waals surface area contributed by atoms with E-state index in [9.17, 15) is 24.0 Å². The molecule has 1 saturated heterocycles. The molecule has 4 atom stereocenters. The van der Waals surface area contributed by atoms with Gasteiger partial charge in [-0.3, -0.25) is 24.0 Å². The molecule has 47 heavy (non-hydrogen) atoms. The van der Waals surface area contributed by atoms with Crippen LogP contribution in [-0.2, 0) is 19.2 Å². The Hall–Kier alpha value is -3.67. The van der Waals surface area contributed by atoms with Gasteiger partial charge in [-0.25, -0.2) is 0 Å². The number of likely N-dealkylation sites (N-methyl/N-ethyl adjacent to an activating group) is 1. The third-order valence-corrected chi connectivity index (χ3v) is 8.76. The van der Waals surface area contributed by atoms with Crippen LogP contribution in [0, 0.1) is 11.8 Å². The first kappa shape index (κ1) is 37.8. The molecule has 12 nitrogen and oxygen atoms in total. The van der Waals surface area contributed by atoms with Crippen LogP contribution in [0.25, 0.3) is 0 Å². The van der Waals surface area contributed by atoms with Gasteiger partial charge in [0, 0.05) is 13.6 Å². The molecule has 2 aliphatic heterocycles. The molecule has 3 rings (SSSR count). The molecular weight excluding hydrogens is 600 g/mol. The van der Waals surface area contributed by atoms with Crippen LogP contribution in [0.5, 0.6) is 5.75 Å². The molecule has 1 fully saturated rings. The molecule has 4 N–H and O–H groups in total. The second kappa shape index (κ2) is 18.6. The van der Waals surface area contributed by atoms with Crippen molar-refractivity contribution in [2.45, 2.75) is 104 Å². The van der Waals surface area contributed by atoms with Gasteiger partial charge in [0.1, 0.15) is 30.5 Å². The summed E-state index contributed by atoms with van der Waals surface area (Å²) in [7, 11) is 1.52. The average molecular weight is 657 g/mol. The number of nitrogens with zero attached hydrogens (tertiary/aromatic N) is 2. The molecule has 2 heterocycles. The van der Waals surface area contributed by atoms with Crippen molar-refractivity contribution >= 4 is 29.5 Å². The second-order valence-electron chi connectivity index (χ2n) is 13.7. The van der Waals surface area contributed by atoms with E-state index in [0.717, 1.165) is 26.1 Å². The number of carbonyl (C=O) groups excluding carboxylic acids is 5. The molecule has 2 aliphatic rings. The van der Waals surface area contributed by atoms with Gasteiger partial charge in [-0.2, -0.15) is 0 Å². The van der Waals surface area contributed by atoms with Crippen molar-refractivity contribution in [2.75, 3.05) is 39.8 Å². The number of fused-ring (bicyclic) bond motifs is 1. The molecule has 12 heteroatoms. The summed E-state index contributed by atoms with van der Waals surface area (Å²) >= 11 is 0. The molecule has 1 aromatic rings. The van der Waals surface area contributed by atoms with E-state index in [0.29, 0.717) is 13.0 Å². The number of ether oxygens (including phenoxy) is 1. The SMILES string of the molecule is CC(C)C[C@H]1C(=O)N[C@H](C(C)C)C(=O)N[C@@H](C)COc2ccccc2C(=O)N[C@H](C(=O)NCCCN2CCCCCC2)CC(=O)N1C. The maximum Gasteiger partial charge on any atom is 0.255 e. The number of para-hydroxylation sites is 1. The molecule has 0 bridgehead atoms. The lowest BCUT2D eigenvalue weighted by Gasteiger charge is -2.32. The van der Waals surface area contributed by atoms with E-state index < -0.39 is 47.8 Å². The number of nitrogens with one attached hydrogen (secondary N) is 4. The van der Waals surface area contributed by atoms with Gasteiger partial charge < -0.3 is 35.8 Å². The predicted molar refractivity (Wildman–Crippen MR) is 181 cm³/mol. The van der Waals surface area contributed by atoms with Crippen molar-refractivity contribution < 1.29 is 28.7 Å². The van der Waals surface area contributed by atoms with Gasteiger partial charge in [-0.15, -0.1) is 0 Å². The minimum atomic E-state index is -1.19. The van der Waals surface area contributed by atoms with Crippen molar-refractivity contribution in [3.05, 3.63) is 29.8 Å². The van der Waals surface area contributed by atoms with Gasteiger partial charge in [0.2, 0.25) is 23.6 Å². The fraction of sp³-hybridized carbons (Fsp3) is 0.686. The minimum Gasteiger partial charge on any atom is -0.491 e. The normalized spacial score (nSPS) is 24.4. The van der Waals surface area contributed by atoms with Crippen molar-refractivity contribution in [3.63, 3.8) is 0 Å². The highest BCUT2D eigenvalue weighted by Gasteiger charge is 2.35. The van der Waals surface area contributed by atoms with Crippen LogP contribution in [0.4, 0.5) is 0 Å². The van der Waals surface area contributed by atoms with Gasteiger partial charge in [-0.05, 0) is 76.2 Å². The Kier molecular flexibility index (Phi) is 15.0. The molecular formula is C35H56N6O6. The standard InChI is InChI=1S/C35H56N6O6/c1-23(2)20-28-34(45)39-31(24(3)4)35(46)37-25(5)22-47-29-15-10-9-14-26(29)32(43)38-27(21-30(42)40(28)6)33(44)36-16-13-19-41-17-11-7-8-12-18-41/h9-10,14-15,23-25,27-28,31H,7-8,11-13,16-22H2,1-6H3,(H,36,44)(H,37,46)(H,38,43)(H,39,45)/t25-,27-,28-,31+/m0/s1. The van der Waals surface area contributed by atoms with Gasteiger partial charge in [0.15, 0.2) is 0 Å². The number of hydrogen-bond acceptors (Lipinski definition) is 7. The van der Waals surface area contributed by atoms with Crippen molar-refractivity contribution in [1.82, 2.24) is 31.1 Å². The summed E-state index contributed by atoms with van der Waals surface area (Å²) in [5, 5.41) is 11.5. The molecule has 262 valence electrons. The quantitative estimate of drug-likeness (QED) is 0.314. The fourth-order valence-electron chi connectivity index (χ4n) is 5.98. The highest BCUT2D eigenvalue weighted by Crippen LogP contribution is 2.20. The third-order valence-electron chi connectivity index (χ3n) is 8.76. The fourth-order valence-corrected chi connectivity index (χ4v) is 5.98. The van der Waals surface area contributed by atoms with Crippen LogP contribution in [0.1, 0.15) is 89.9 Å². The van der Waals surface area contributed by atoms with E-state index in [1.807, 2.05) is 27.7 Å². The van der Waals surface area contributed by atoms with Gasteiger partial charge in [0.05, 0.1) is 18.0 Å². The van der Waals surface area contributed by atoms with E-state index in [1.54, 1.807) is 31.2 Å². The lowest BCUT2D eigenvalue weighted by atomic mass is 9.98. The largest absolute Gasteiger partial charge is 0.491 e. The van der Waals surface area contributed by atoms with E-state index >= 15 is 0 Å². The Morgan fingerprint density at radius 3 is 2.30 bits per heavy atom. The molecule has 0 unspecified atom stereocenters. The summed E-state index contributed by atoms with van der Waals surface area (Å²) < 4.78 is 5.96. The Bertz CT molecular complexity index is 1210. The monoisotopic (exact) mass is 656 g/mol. The zero-order chi connectivity index (χ0) is 34.5. The summed E-state index contributed by atoms with van der Waals surface area (Å²) in [6.07, 6.45) is 5.60. The van der Waals surface area contributed by atoms with Crippen LogP contribution in [-0.4, -0.2) is 103 Å². The molecule has 0 aromatic heterocycles. The number of amides is 5. The zero-order valence-electron chi connectivity index (χ0n) is 29.1. The molecule has 0 spiro atoms. The first-order chi connectivity index (χ1) is 22.4. The number of rotatable bonds is 8. The Morgan fingerprint density at radius 2 is 1.64 bits per heavy atom. The lowest BCUT2D eigenvalue weighted by Crippen LogP contribution is -2.57. The number of benzene rings is 1. The van der Waals surface area contributed by atoms with Crippen LogP contribution in [0.2, 0.25) is 0 Å². The minimum absolute atomic E-state index is 0.0538. The maximum atomic E-state index is 13.8. The predicted octanol–water partition coefficient (Wildman–Crippen LogP) is 2.47. The second-order valence-corrected chi connectivity index (χ2v) is 13.7. The average Bonchev–Trinajstić information content (AvgIpc) is 3.30. The summed E-state index contributed by atoms with van der Waals surface area (Å²) in [6.45, 7) is 12.8. The van der Waals surface area contributed by atoms with Crippen LogP contribution >= 0.6 is 0 Å². The first-order valence-electron chi connectivity index (χ1n) is 17.3. The topological polar surface area (TPSA) is 149 Å². The smallest absolute Gasteiger partial charge is 0.255 e. The number of carbonyl (C=O) groups is 5. The van der Waals surface area contributed by atoms with Gasteiger partial charge in [-0.1, -0.05) is 52.7 Å². The van der Waals surface area contributed by atoms with Crippen molar-refractivity contribution in [1.29, 1.82) is 0 Å². The molecule has 0 aliphatic carbocycles. The number of likely N-dealkylation sites (tertiary alicyclic amines) is 1. The maximum absolute atomic E-state index is 13.8. The molecule has 1 aromatic carbocycles. The van der Waals surface area contributed by atoms with Crippen LogP contribution in [0.3, 0.4) is 0 Å². The Morgan fingerprint density at radius 1 is 0.957 bits per heavy atom. The highest BCUT2D eigenvalue weighted by molar-refractivity contribution is 6.01. The molecule has 0 radical (unpaired) electrons. The lowest BCUT2D eigenvalue weighted by molar-refractivity contribution is -0.142. The zero-order valence-corrected chi connectivity index (χ0v) is 29.1. The van der Waals surface area contributed by atoms with Gasteiger partial charge >= 0.3 is 0 Å². The van der Waals surface area contributed by atoms with Gasteiger partial charge in [0.25, 0.3) is 5.91 Å². The van der Waals surface area contributed by atoms with E-state index in [1.165, 1.54) is 37.6 Å². The third kappa shape index (κ3) is 11.8. The summed E-state index contributed by atoms with van der Waals surface area (Å²) in [5.41, 5.74) is 0.199. The van der Waals surface area contributed by atoms with Crippen molar-refractivity contribution in [2.24, 2.45) is 11.8 Å². The van der Waals surface area contributed by atoms with E-state index in [4.69, 9.17) is 4.74 Å². The van der Waals surface area contributed by atoms with Crippen molar-refractivity contribution in [3.8, 4) is 5.75 Å². The molecule has 5 amide bonds. The Labute approximate surface area is 280 Å². The van der Waals surface area contributed by atoms with Crippen LogP contribution in [0.15, 0.2) is 24.3 Å².